The molecule has 0 aromatic rings. The second-order valence-corrected chi connectivity index (χ2v) is 24.7. The molecule has 0 aliphatic heterocycles. The van der Waals surface area contributed by atoms with Gasteiger partial charge in [-0.3, -0.25) is 0 Å². The van der Waals surface area contributed by atoms with Crippen LogP contribution in [0, 0.1) is 0 Å². The van der Waals surface area contributed by atoms with Crippen LogP contribution in [0.2, 0.25) is 33.2 Å². The van der Waals surface area contributed by atoms with Crippen LogP contribution < -0.4 is 0 Å². The van der Waals surface area contributed by atoms with Gasteiger partial charge in [-0.15, -0.1) is 0 Å². The summed E-state index contributed by atoms with van der Waals surface area (Å²) in [6.07, 6.45) is 0. The Morgan fingerprint density at radius 1 is 0.300 bits per heavy atom. The quantitative estimate of drug-likeness (QED) is 0.429. The van der Waals surface area contributed by atoms with Crippen molar-refractivity contribution in [1.82, 2.24) is 0 Å². The molecule has 0 saturated heterocycles. The molecule has 2 heteroatoms. The van der Waals surface area contributed by atoms with Crippen molar-refractivity contribution in [2.45, 2.75) is 116 Å². The van der Waals surface area contributed by atoms with E-state index in [1.165, 1.54) is 0 Å². The third-order valence-corrected chi connectivity index (χ3v) is 34.3. The van der Waals surface area contributed by atoms with Crippen LogP contribution >= 0.6 is 0 Å². The number of hydrogen-bond donors (Lipinski definition) is 0. The lowest BCUT2D eigenvalue weighted by Crippen LogP contribution is -2.72. The summed E-state index contributed by atoms with van der Waals surface area (Å²) in [6.45, 7) is 30.7. The second-order valence-electron chi connectivity index (χ2n) is 8.79. The van der Waals surface area contributed by atoms with Crippen LogP contribution in [0.15, 0.2) is 0 Å². The maximum atomic E-state index is 2.56. The topological polar surface area (TPSA) is 0 Å². The van der Waals surface area contributed by atoms with Crippen molar-refractivity contribution >= 4 is 15.2 Å². The van der Waals surface area contributed by atoms with E-state index >= 15 is 0 Å². The first-order valence-electron chi connectivity index (χ1n) is 8.91. The van der Waals surface area contributed by atoms with Crippen LogP contribution in [0.5, 0.6) is 0 Å². The summed E-state index contributed by atoms with van der Waals surface area (Å²) >= 11 is 0. The smallest absolute Gasteiger partial charge is 0.0561 e. The molecule has 0 unspecified atom stereocenters. The van der Waals surface area contributed by atoms with Crippen molar-refractivity contribution in [3.05, 3.63) is 0 Å². The van der Waals surface area contributed by atoms with Gasteiger partial charge in [0, 0.05) is 0 Å². The van der Waals surface area contributed by atoms with Crippen molar-refractivity contribution in [3.63, 3.8) is 0 Å². The summed E-state index contributed by atoms with van der Waals surface area (Å²) < 4.78 is 0. The molecule has 0 aromatic carbocycles. The zero-order valence-electron chi connectivity index (χ0n) is 16.5. The van der Waals surface area contributed by atoms with Gasteiger partial charge in [0.2, 0.25) is 0 Å². The third-order valence-electron chi connectivity index (χ3n) is 6.48. The van der Waals surface area contributed by atoms with Gasteiger partial charge in [0.05, 0.1) is 15.2 Å². The molecule has 0 rings (SSSR count). The van der Waals surface area contributed by atoms with E-state index in [0.29, 0.717) is 0 Å². The zero-order valence-corrected chi connectivity index (χ0v) is 18.5. The Bertz CT molecular complexity index is 214. The molecule has 0 saturated carbocycles. The van der Waals surface area contributed by atoms with Crippen LogP contribution in [-0.4, -0.2) is 15.2 Å². The van der Waals surface area contributed by atoms with E-state index in [2.05, 4.69) is 83.1 Å². The Kier molecular flexibility index (Phi) is 7.28. The van der Waals surface area contributed by atoms with Gasteiger partial charge in [-0.1, -0.05) is 116 Å². The fourth-order valence-corrected chi connectivity index (χ4v) is 39.0. The Hall–Kier alpha value is 0.434. The van der Waals surface area contributed by atoms with Crippen LogP contribution in [-0.2, 0) is 0 Å². The van der Waals surface area contributed by atoms with E-state index in [0.717, 1.165) is 33.2 Å². The van der Waals surface area contributed by atoms with Gasteiger partial charge in [-0.2, -0.15) is 0 Å². The van der Waals surface area contributed by atoms with Gasteiger partial charge in [0.15, 0.2) is 0 Å². The average Bonchev–Trinajstić information content (AvgIpc) is 2.21. The largest absolute Gasteiger partial charge is 0.0653 e. The Labute approximate surface area is 131 Å². The van der Waals surface area contributed by atoms with Crippen molar-refractivity contribution in [2.75, 3.05) is 0 Å². The first kappa shape index (κ1) is 20.4. The van der Waals surface area contributed by atoms with E-state index in [-0.39, 0.29) is 0 Å². The molecular weight excluding hydrogens is 272 g/mol. The van der Waals surface area contributed by atoms with Crippen molar-refractivity contribution in [1.29, 1.82) is 0 Å². The van der Waals surface area contributed by atoms with Crippen molar-refractivity contribution in [2.24, 2.45) is 0 Å². The van der Waals surface area contributed by atoms with Crippen molar-refractivity contribution in [3.8, 4) is 0 Å². The highest BCUT2D eigenvalue weighted by molar-refractivity contribution is 7.45. The van der Waals surface area contributed by atoms with E-state index in [4.69, 9.17) is 0 Å². The van der Waals surface area contributed by atoms with Gasteiger partial charge < -0.3 is 0 Å². The normalized spacial score (nSPS) is 14.7. The fourth-order valence-electron chi connectivity index (χ4n) is 7.00. The highest BCUT2D eigenvalue weighted by Gasteiger charge is 2.63. The average molecular weight is 315 g/mol. The Morgan fingerprint density at radius 2 is 0.400 bits per heavy atom. The van der Waals surface area contributed by atoms with Crippen LogP contribution in [0.3, 0.4) is 0 Å². The zero-order chi connectivity index (χ0) is 16.5. The summed E-state index contributed by atoms with van der Waals surface area (Å²) in [6, 6.07) is 0. The minimum atomic E-state index is -1.36. The molecule has 0 heterocycles. The molecule has 122 valence electrons. The minimum Gasteiger partial charge on any atom is -0.0653 e. The first-order chi connectivity index (χ1) is 8.91. The molecule has 0 aromatic heterocycles. The van der Waals surface area contributed by atoms with E-state index in [1.807, 2.05) is 0 Å². The maximum absolute atomic E-state index is 2.56. The van der Waals surface area contributed by atoms with Crippen LogP contribution in [0.25, 0.3) is 0 Å². The Balaban J connectivity index is 6.58. The van der Waals surface area contributed by atoms with Crippen LogP contribution in [0.1, 0.15) is 83.1 Å². The van der Waals surface area contributed by atoms with Crippen LogP contribution in [0.4, 0.5) is 0 Å². The summed E-state index contributed by atoms with van der Waals surface area (Å²) in [5, 5.41) is 0. The highest BCUT2D eigenvalue weighted by Crippen LogP contribution is 2.59. The Morgan fingerprint density at radius 3 is 0.450 bits per heavy atom. The third kappa shape index (κ3) is 2.71. The lowest BCUT2D eigenvalue weighted by molar-refractivity contribution is 0.780. The molecule has 0 amide bonds. The van der Waals surface area contributed by atoms with Crippen molar-refractivity contribution < 1.29 is 0 Å². The molecule has 0 spiro atoms. The monoisotopic (exact) mass is 314 g/mol. The minimum absolute atomic E-state index is 0.904. The standard InChI is InChI=1S/C18H42Si2/c1-13(2)19(14(3)4,15(5)6)20(16(7)8,17(9)10)18(11)12/h13-18H,1-12H3. The lowest BCUT2D eigenvalue weighted by Gasteiger charge is -2.62. The highest BCUT2D eigenvalue weighted by atomic mass is 29.3. The lowest BCUT2D eigenvalue weighted by atomic mass is 10.5. The summed E-state index contributed by atoms with van der Waals surface area (Å²) in [5.41, 5.74) is 5.42. The maximum Gasteiger partial charge on any atom is 0.0561 e. The predicted molar refractivity (Wildman–Crippen MR) is 102 cm³/mol. The van der Waals surface area contributed by atoms with E-state index in [1.54, 1.807) is 0 Å². The fraction of sp³-hybridized carbons (Fsp3) is 1.00. The predicted octanol–water partition coefficient (Wildman–Crippen LogP) is 7.42. The molecule has 0 aliphatic rings. The number of rotatable bonds is 7. The van der Waals surface area contributed by atoms with Gasteiger partial charge in [0.25, 0.3) is 0 Å². The molecule has 0 aliphatic carbocycles. The molecule has 0 nitrogen and oxygen atoms in total. The molecule has 0 atom stereocenters. The van der Waals surface area contributed by atoms with Gasteiger partial charge in [-0.25, -0.2) is 0 Å². The molecular formula is C18H42Si2. The summed E-state index contributed by atoms with van der Waals surface area (Å²) in [5.74, 6) is 0. The van der Waals surface area contributed by atoms with E-state index < -0.39 is 15.2 Å². The number of hydrogen-bond acceptors (Lipinski definition) is 0. The second kappa shape index (κ2) is 7.13. The molecule has 20 heavy (non-hydrogen) atoms. The first-order valence-corrected chi connectivity index (χ1v) is 14.4. The van der Waals surface area contributed by atoms with Gasteiger partial charge in [0.1, 0.15) is 0 Å². The molecule has 0 N–H and O–H groups in total. The van der Waals surface area contributed by atoms with E-state index in [9.17, 15) is 0 Å². The molecule has 0 fully saturated rings. The SMILES string of the molecule is CC(C)[Si](C(C)C)(C(C)C)[Si](C(C)C)(C(C)C)C(C)C. The van der Waals surface area contributed by atoms with Gasteiger partial charge >= 0.3 is 0 Å². The van der Waals surface area contributed by atoms with Gasteiger partial charge in [-0.05, 0) is 0 Å². The molecule has 0 radical (unpaired) electrons. The summed E-state index contributed by atoms with van der Waals surface area (Å²) in [7, 11) is -2.72. The molecule has 0 bridgehead atoms. The summed E-state index contributed by atoms with van der Waals surface area (Å²) in [4.78, 5) is 0.